The lowest BCUT2D eigenvalue weighted by Gasteiger charge is -2.25. The van der Waals surface area contributed by atoms with E-state index in [9.17, 15) is 16.8 Å². The highest BCUT2D eigenvalue weighted by molar-refractivity contribution is 7.94. The van der Waals surface area contributed by atoms with Crippen LogP contribution >= 0.6 is 0 Å². The van der Waals surface area contributed by atoms with Gasteiger partial charge < -0.3 is 0 Å². The molecule has 0 unspecified atom stereocenters. The van der Waals surface area contributed by atoms with E-state index >= 15 is 0 Å². The Hall–Kier alpha value is -0.620. The summed E-state index contributed by atoms with van der Waals surface area (Å²) in [5.41, 5.74) is 0. The predicted octanol–water partition coefficient (Wildman–Crippen LogP) is 3.12. The third-order valence-electron chi connectivity index (χ3n) is 4.93. The minimum Gasteiger partial charge on any atom is -0.229 e. The van der Waals surface area contributed by atoms with Crippen LogP contribution in [0.1, 0.15) is 46.0 Å². The first kappa shape index (κ1) is 18.7. The molecular formula is C17H28O4S2. The number of fused-ring (bicyclic) bond motifs is 2. The molecule has 6 heteroatoms. The largest absolute Gasteiger partial charge is 0.229 e. The van der Waals surface area contributed by atoms with Gasteiger partial charge in [0, 0.05) is 11.3 Å². The van der Waals surface area contributed by atoms with Crippen LogP contribution in [0.3, 0.4) is 0 Å². The summed E-state index contributed by atoms with van der Waals surface area (Å²) in [7, 11) is -6.42. The molecule has 4 atom stereocenters. The van der Waals surface area contributed by atoms with Crippen molar-refractivity contribution in [3.8, 4) is 0 Å². The maximum Gasteiger partial charge on any atom is 0.171 e. The van der Waals surface area contributed by atoms with E-state index in [4.69, 9.17) is 0 Å². The summed E-state index contributed by atoms with van der Waals surface area (Å²) in [6.07, 6.45) is 9.55. The summed E-state index contributed by atoms with van der Waals surface area (Å²) in [4.78, 5) is 0. The zero-order chi connectivity index (χ0) is 17.1. The molecule has 0 N–H and O–H groups in total. The van der Waals surface area contributed by atoms with E-state index < -0.39 is 24.9 Å². The summed E-state index contributed by atoms with van der Waals surface area (Å²) in [5.74, 6) is 0.374. The van der Waals surface area contributed by atoms with Crippen molar-refractivity contribution < 1.29 is 16.8 Å². The van der Waals surface area contributed by atoms with Gasteiger partial charge in [-0.1, -0.05) is 44.9 Å². The highest BCUT2D eigenvalue weighted by Gasteiger charge is 2.49. The molecule has 1 fully saturated rings. The molecule has 2 bridgehead atoms. The molecule has 0 aromatic heterocycles. The van der Waals surface area contributed by atoms with Gasteiger partial charge in [0.15, 0.2) is 19.7 Å². The Morgan fingerprint density at radius 3 is 2.22 bits per heavy atom. The molecule has 2 aliphatic rings. The first-order valence-corrected chi connectivity index (χ1v) is 12.0. The Kier molecular flexibility index (Phi) is 6.11. The first-order valence-electron chi connectivity index (χ1n) is 8.61. The van der Waals surface area contributed by atoms with Crippen LogP contribution in [0.5, 0.6) is 0 Å². The zero-order valence-corrected chi connectivity index (χ0v) is 15.7. The summed E-state index contributed by atoms with van der Waals surface area (Å²) >= 11 is 0. The summed E-state index contributed by atoms with van der Waals surface area (Å²) in [6, 6.07) is 0. The van der Waals surface area contributed by atoms with Crippen LogP contribution in [-0.4, -0.2) is 33.6 Å². The van der Waals surface area contributed by atoms with Crippen molar-refractivity contribution in [2.75, 3.05) is 11.5 Å². The lowest BCUT2D eigenvalue weighted by Crippen LogP contribution is -2.34. The van der Waals surface area contributed by atoms with E-state index in [0.29, 0.717) is 12.8 Å². The van der Waals surface area contributed by atoms with Crippen molar-refractivity contribution in [2.45, 2.75) is 51.2 Å². The Morgan fingerprint density at radius 2 is 1.57 bits per heavy atom. The summed E-state index contributed by atoms with van der Waals surface area (Å²) in [5, 5.41) is 0.825. The maximum absolute atomic E-state index is 12.7. The molecule has 0 aromatic rings. The van der Waals surface area contributed by atoms with Crippen molar-refractivity contribution >= 4 is 19.7 Å². The number of rotatable bonds is 9. The van der Waals surface area contributed by atoms with Gasteiger partial charge in [-0.3, -0.25) is 0 Å². The summed E-state index contributed by atoms with van der Waals surface area (Å²) < 4.78 is 49.4. The molecule has 0 radical (unpaired) electrons. The zero-order valence-electron chi connectivity index (χ0n) is 14.0. The Bertz CT molecular complexity index is 659. The van der Waals surface area contributed by atoms with Crippen LogP contribution in [-0.2, 0) is 19.7 Å². The third-order valence-corrected chi connectivity index (χ3v) is 8.71. The van der Waals surface area contributed by atoms with Crippen molar-refractivity contribution in [1.29, 1.82) is 0 Å². The van der Waals surface area contributed by atoms with Crippen molar-refractivity contribution in [1.82, 2.24) is 0 Å². The molecule has 0 amide bonds. The second-order valence-corrected chi connectivity index (χ2v) is 11.0. The molecule has 132 valence electrons. The highest BCUT2D eigenvalue weighted by atomic mass is 32.2. The average molecular weight is 361 g/mol. The van der Waals surface area contributed by atoms with Gasteiger partial charge in [0.2, 0.25) is 0 Å². The fourth-order valence-corrected chi connectivity index (χ4v) is 7.40. The fourth-order valence-electron chi connectivity index (χ4n) is 3.68. The lowest BCUT2D eigenvalue weighted by molar-refractivity contribution is 0.513. The van der Waals surface area contributed by atoms with Gasteiger partial charge in [0.05, 0.1) is 16.8 Å². The molecule has 2 rings (SSSR count). The second kappa shape index (κ2) is 7.51. The highest BCUT2D eigenvalue weighted by Crippen LogP contribution is 2.48. The van der Waals surface area contributed by atoms with E-state index in [-0.39, 0.29) is 29.3 Å². The van der Waals surface area contributed by atoms with Crippen molar-refractivity contribution in [2.24, 2.45) is 17.8 Å². The molecule has 2 aliphatic carbocycles. The number of hydrogen-bond donors (Lipinski definition) is 0. The maximum atomic E-state index is 12.7. The molecule has 0 aliphatic heterocycles. The number of unbranched alkanes of at least 4 members (excludes halogenated alkanes) is 2. The molecule has 1 saturated carbocycles. The topological polar surface area (TPSA) is 68.3 Å². The van der Waals surface area contributed by atoms with Gasteiger partial charge in [-0.05, 0) is 31.1 Å². The molecule has 0 saturated heterocycles. The monoisotopic (exact) mass is 360 g/mol. The Labute approximate surface area is 140 Å². The van der Waals surface area contributed by atoms with Gasteiger partial charge in [0.1, 0.15) is 0 Å². The van der Waals surface area contributed by atoms with Crippen LogP contribution in [0.25, 0.3) is 0 Å². The van der Waals surface area contributed by atoms with E-state index in [1.165, 1.54) is 5.41 Å². The van der Waals surface area contributed by atoms with Crippen molar-refractivity contribution in [3.63, 3.8) is 0 Å². The van der Waals surface area contributed by atoms with Crippen LogP contribution in [0.2, 0.25) is 0 Å². The normalized spacial score (nSPS) is 30.5. The fraction of sp³-hybridized carbons (Fsp3) is 0.765. The number of hydrogen-bond acceptors (Lipinski definition) is 4. The minimum absolute atomic E-state index is 0.0508. The van der Waals surface area contributed by atoms with Crippen molar-refractivity contribution in [3.05, 3.63) is 23.6 Å². The Morgan fingerprint density at radius 1 is 0.957 bits per heavy atom. The number of allylic oxidation sites excluding steroid dienone is 3. The SMILES string of the molecule is CCCCS(=O)(=O)/C=C/[C@H]1[C@@H](S(=O)(=O)CCCC)[C@@H]2C=C[C@@H]1C2. The van der Waals surface area contributed by atoms with Gasteiger partial charge in [-0.25, -0.2) is 16.8 Å². The Balaban J connectivity index is 2.18. The third kappa shape index (κ3) is 4.47. The molecule has 0 heterocycles. The van der Waals surface area contributed by atoms with Crippen LogP contribution < -0.4 is 0 Å². The smallest absolute Gasteiger partial charge is 0.171 e. The standard InChI is InChI=1S/C17H28O4S2/c1-3-5-10-22(18,19)12-9-16-14-7-8-15(13-14)17(16)23(20,21)11-6-4-2/h7-9,12,14-17H,3-6,10-11,13H2,1-2H3/b12-9+/t14-,15-,16-,17+/m1/s1. The molecule has 0 spiro atoms. The summed E-state index contributed by atoms with van der Waals surface area (Å²) in [6.45, 7) is 3.93. The van der Waals surface area contributed by atoms with Gasteiger partial charge >= 0.3 is 0 Å². The van der Waals surface area contributed by atoms with E-state index in [1.807, 2.05) is 19.9 Å². The average Bonchev–Trinajstić information content (AvgIpc) is 3.10. The van der Waals surface area contributed by atoms with E-state index in [1.54, 1.807) is 6.08 Å². The minimum atomic E-state index is -3.23. The van der Waals surface area contributed by atoms with Gasteiger partial charge in [0.25, 0.3) is 0 Å². The van der Waals surface area contributed by atoms with Gasteiger partial charge in [-0.15, -0.1) is 0 Å². The molecular weight excluding hydrogens is 332 g/mol. The molecule has 0 aromatic carbocycles. The molecule has 4 nitrogen and oxygen atoms in total. The number of sulfone groups is 2. The quantitative estimate of drug-likeness (QED) is 0.593. The van der Waals surface area contributed by atoms with E-state index in [0.717, 1.165) is 19.3 Å². The first-order chi connectivity index (χ1) is 10.8. The van der Waals surface area contributed by atoms with Crippen LogP contribution in [0.15, 0.2) is 23.6 Å². The van der Waals surface area contributed by atoms with Crippen LogP contribution in [0.4, 0.5) is 0 Å². The van der Waals surface area contributed by atoms with Gasteiger partial charge in [-0.2, -0.15) is 0 Å². The predicted molar refractivity (Wildman–Crippen MR) is 94.5 cm³/mol. The second-order valence-electron chi connectivity index (χ2n) is 6.76. The van der Waals surface area contributed by atoms with E-state index in [2.05, 4.69) is 6.08 Å². The van der Waals surface area contributed by atoms with Crippen LogP contribution in [0, 0.1) is 17.8 Å². The lowest BCUT2D eigenvalue weighted by atomic mass is 9.93. The molecule has 23 heavy (non-hydrogen) atoms.